The number of primary amides is 1. The van der Waals surface area contributed by atoms with Gasteiger partial charge in [-0.05, 0) is 86.4 Å². The molecule has 1 saturated heterocycles. The quantitative estimate of drug-likeness (QED) is 0.808. The van der Waals surface area contributed by atoms with Gasteiger partial charge in [0.05, 0.1) is 0 Å². The number of anilines is 1. The number of allylic oxidation sites excluding steroid dienone is 2. The lowest BCUT2D eigenvalue weighted by atomic mass is 9.69. The Morgan fingerprint density at radius 2 is 1.89 bits per heavy atom. The number of amides is 2. The van der Waals surface area contributed by atoms with E-state index in [0.717, 1.165) is 36.4 Å². The van der Waals surface area contributed by atoms with Gasteiger partial charge in [-0.15, -0.1) is 0 Å². The van der Waals surface area contributed by atoms with Gasteiger partial charge in [-0.25, -0.2) is 4.79 Å². The molecule has 2 heterocycles. The van der Waals surface area contributed by atoms with E-state index in [2.05, 4.69) is 35.3 Å². The molecule has 0 radical (unpaired) electrons. The number of fused-ring (bicyclic) bond motifs is 4. The van der Waals surface area contributed by atoms with E-state index in [1.165, 1.54) is 57.3 Å². The van der Waals surface area contributed by atoms with Crippen LogP contribution in [0.4, 0.5) is 10.5 Å². The monoisotopic (exact) mass is 365 g/mol. The van der Waals surface area contributed by atoms with Gasteiger partial charge < -0.3 is 10.6 Å². The summed E-state index contributed by atoms with van der Waals surface area (Å²) in [6.07, 6.45) is 12.3. The van der Waals surface area contributed by atoms with Crippen LogP contribution in [-0.2, 0) is 5.41 Å². The Morgan fingerprint density at radius 3 is 2.59 bits per heavy atom. The molecule has 2 amide bonds. The van der Waals surface area contributed by atoms with E-state index in [9.17, 15) is 4.79 Å². The largest absolute Gasteiger partial charge is 0.351 e. The topological polar surface area (TPSA) is 49.6 Å². The standard InChI is InChI=1S/C23H31N3O/c24-22(27)26-11-3-8-23(20-4-1-2-5-21(20)26)9-12-25(13-10-23)16-19-15-17-6-7-18(19)14-17/h1-2,4-7,17-19H,3,8-16H2,(H2,24,27). The van der Waals surface area contributed by atoms with Crippen molar-refractivity contribution in [2.45, 2.75) is 43.9 Å². The van der Waals surface area contributed by atoms with Gasteiger partial charge in [0.2, 0.25) is 0 Å². The van der Waals surface area contributed by atoms with E-state index in [4.69, 9.17) is 5.73 Å². The first kappa shape index (κ1) is 17.3. The second-order valence-electron chi connectivity index (χ2n) is 9.23. The van der Waals surface area contributed by atoms with Gasteiger partial charge in [0.25, 0.3) is 0 Å². The Labute approximate surface area is 162 Å². The number of nitrogens with zero attached hydrogens (tertiary/aromatic N) is 2. The highest BCUT2D eigenvalue weighted by molar-refractivity contribution is 5.92. The van der Waals surface area contributed by atoms with E-state index < -0.39 is 0 Å². The van der Waals surface area contributed by atoms with Crippen LogP contribution in [0.5, 0.6) is 0 Å². The maximum absolute atomic E-state index is 12.0. The molecule has 2 aliphatic heterocycles. The molecule has 144 valence electrons. The summed E-state index contributed by atoms with van der Waals surface area (Å²) >= 11 is 0. The van der Waals surface area contributed by atoms with Crippen molar-refractivity contribution in [3.8, 4) is 0 Å². The third-order valence-corrected chi connectivity index (χ3v) is 7.79. The number of likely N-dealkylation sites (tertiary alicyclic amines) is 1. The number of rotatable bonds is 2. The molecule has 1 aromatic carbocycles. The molecule has 1 saturated carbocycles. The van der Waals surface area contributed by atoms with Crippen LogP contribution in [0.3, 0.4) is 0 Å². The average molecular weight is 366 g/mol. The fourth-order valence-corrected chi connectivity index (χ4v) is 6.34. The van der Waals surface area contributed by atoms with Gasteiger partial charge in [-0.1, -0.05) is 30.4 Å². The third kappa shape index (κ3) is 2.98. The molecule has 3 unspecified atom stereocenters. The number of piperidine rings is 1. The van der Waals surface area contributed by atoms with Crippen LogP contribution in [0.25, 0.3) is 0 Å². The number of hydrogen-bond acceptors (Lipinski definition) is 2. The zero-order valence-electron chi connectivity index (χ0n) is 16.1. The average Bonchev–Trinajstić information content (AvgIpc) is 3.25. The van der Waals surface area contributed by atoms with E-state index in [0.29, 0.717) is 0 Å². The highest BCUT2D eigenvalue weighted by Crippen LogP contribution is 2.47. The second-order valence-corrected chi connectivity index (χ2v) is 9.23. The number of benzene rings is 1. The highest BCUT2D eigenvalue weighted by atomic mass is 16.2. The number of para-hydroxylation sites is 1. The van der Waals surface area contributed by atoms with Crippen molar-refractivity contribution in [2.75, 3.05) is 31.1 Å². The Morgan fingerprint density at radius 1 is 1.07 bits per heavy atom. The fourth-order valence-electron chi connectivity index (χ4n) is 6.34. The second kappa shape index (κ2) is 6.66. The molecule has 2 fully saturated rings. The smallest absolute Gasteiger partial charge is 0.319 e. The van der Waals surface area contributed by atoms with E-state index in [1.807, 2.05) is 6.07 Å². The molecule has 3 atom stereocenters. The maximum atomic E-state index is 12.0. The molecular weight excluding hydrogens is 334 g/mol. The van der Waals surface area contributed by atoms with Crippen LogP contribution in [0.15, 0.2) is 36.4 Å². The zero-order chi connectivity index (χ0) is 18.4. The minimum atomic E-state index is -0.318. The summed E-state index contributed by atoms with van der Waals surface area (Å²) in [5.74, 6) is 2.58. The van der Waals surface area contributed by atoms with Gasteiger partial charge >= 0.3 is 6.03 Å². The molecule has 0 aromatic heterocycles. The van der Waals surface area contributed by atoms with Crippen LogP contribution in [0, 0.1) is 17.8 Å². The predicted molar refractivity (Wildman–Crippen MR) is 109 cm³/mol. The van der Waals surface area contributed by atoms with Crippen LogP contribution in [0.2, 0.25) is 0 Å². The van der Waals surface area contributed by atoms with Gasteiger partial charge in [-0.3, -0.25) is 4.90 Å². The molecule has 2 bridgehead atoms. The normalized spacial score (nSPS) is 31.9. The summed E-state index contributed by atoms with van der Waals surface area (Å²) in [5, 5.41) is 0. The Hall–Kier alpha value is -1.81. The molecular formula is C23H31N3O. The molecule has 4 aliphatic rings. The summed E-state index contributed by atoms with van der Waals surface area (Å²) in [4.78, 5) is 16.5. The van der Waals surface area contributed by atoms with Crippen molar-refractivity contribution < 1.29 is 4.79 Å². The number of hydrogen-bond donors (Lipinski definition) is 1. The van der Waals surface area contributed by atoms with Crippen LogP contribution in [0.1, 0.15) is 44.1 Å². The predicted octanol–water partition coefficient (Wildman–Crippen LogP) is 3.91. The lowest BCUT2D eigenvalue weighted by Gasteiger charge is -2.43. The molecule has 4 heteroatoms. The first-order valence-corrected chi connectivity index (χ1v) is 10.7. The van der Waals surface area contributed by atoms with Crippen LogP contribution < -0.4 is 10.6 Å². The van der Waals surface area contributed by atoms with Crippen molar-refractivity contribution in [2.24, 2.45) is 23.5 Å². The molecule has 2 aliphatic carbocycles. The Kier molecular flexibility index (Phi) is 4.27. The highest BCUT2D eigenvalue weighted by Gasteiger charge is 2.42. The number of carbonyl (C=O) groups is 1. The third-order valence-electron chi connectivity index (χ3n) is 7.79. The Bertz CT molecular complexity index is 750. The van der Waals surface area contributed by atoms with Gasteiger partial charge in [0, 0.05) is 18.8 Å². The molecule has 1 spiro atoms. The summed E-state index contributed by atoms with van der Waals surface area (Å²) in [7, 11) is 0. The van der Waals surface area contributed by atoms with Crippen molar-refractivity contribution in [1.82, 2.24) is 4.90 Å². The molecule has 1 aromatic rings. The summed E-state index contributed by atoms with van der Waals surface area (Å²) < 4.78 is 0. The number of nitrogens with two attached hydrogens (primary N) is 1. The van der Waals surface area contributed by atoms with Gasteiger partial charge in [0.15, 0.2) is 0 Å². The maximum Gasteiger partial charge on any atom is 0.319 e. The first-order valence-electron chi connectivity index (χ1n) is 10.7. The number of carbonyl (C=O) groups excluding carboxylic acids is 1. The SMILES string of the molecule is NC(=O)N1CCCC2(CCN(CC3CC4C=CC3C4)CC2)c2ccccc21. The molecule has 5 rings (SSSR count). The molecule has 2 N–H and O–H groups in total. The molecule has 4 nitrogen and oxygen atoms in total. The summed E-state index contributed by atoms with van der Waals surface area (Å²) in [5.41, 5.74) is 8.30. The minimum Gasteiger partial charge on any atom is -0.351 e. The van der Waals surface area contributed by atoms with Crippen molar-refractivity contribution in [3.05, 3.63) is 42.0 Å². The summed E-state index contributed by atoms with van der Waals surface area (Å²) in [6.45, 7) is 4.39. The van der Waals surface area contributed by atoms with Crippen molar-refractivity contribution >= 4 is 11.7 Å². The van der Waals surface area contributed by atoms with Crippen molar-refractivity contribution in [1.29, 1.82) is 0 Å². The zero-order valence-corrected chi connectivity index (χ0v) is 16.1. The van der Waals surface area contributed by atoms with Crippen molar-refractivity contribution in [3.63, 3.8) is 0 Å². The van der Waals surface area contributed by atoms with Gasteiger partial charge in [0.1, 0.15) is 0 Å². The van der Waals surface area contributed by atoms with E-state index in [1.54, 1.807) is 4.90 Å². The number of urea groups is 1. The summed E-state index contributed by atoms with van der Waals surface area (Å²) in [6, 6.07) is 8.17. The lowest BCUT2D eigenvalue weighted by molar-refractivity contribution is 0.128. The van der Waals surface area contributed by atoms with E-state index in [-0.39, 0.29) is 11.4 Å². The van der Waals surface area contributed by atoms with Gasteiger partial charge in [-0.2, -0.15) is 0 Å². The Balaban J connectivity index is 1.32. The van der Waals surface area contributed by atoms with Crippen LogP contribution in [-0.4, -0.2) is 37.1 Å². The van der Waals surface area contributed by atoms with E-state index >= 15 is 0 Å². The van der Waals surface area contributed by atoms with Crippen LogP contribution >= 0.6 is 0 Å². The lowest BCUT2D eigenvalue weighted by Crippen LogP contribution is -2.44. The first-order chi connectivity index (χ1) is 13.1. The minimum absolute atomic E-state index is 0.214. The fraction of sp³-hybridized carbons (Fsp3) is 0.609. The molecule has 27 heavy (non-hydrogen) atoms.